The number of nitro benzene ring substituents is 1. The van der Waals surface area contributed by atoms with Gasteiger partial charge in [0.1, 0.15) is 0 Å². The molecule has 0 saturated heterocycles. The Labute approximate surface area is 170 Å². The van der Waals surface area contributed by atoms with E-state index in [4.69, 9.17) is 4.99 Å². The van der Waals surface area contributed by atoms with Crippen LogP contribution in [0.4, 0.5) is 5.69 Å². The summed E-state index contributed by atoms with van der Waals surface area (Å²) < 4.78 is 1.72. The van der Waals surface area contributed by atoms with Gasteiger partial charge in [-0.3, -0.25) is 15.1 Å². The summed E-state index contributed by atoms with van der Waals surface area (Å²) in [5, 5.41) is 17.7. The van der Waals surface area contributed by atoms with Crippen molar-refractivity contribution in [1.82, 2.24) is 9.66 Å². The van der Waals surface area contributed by atoms with Crippen LogP contribution in [-0.2, 0) is 6.54 Å². The Morgan fingerprint density at radius 1 is 1.10 bits per heavy atom. The zero-order chi connectivity index (χ0) is 20.1. The maximum absolute atomic E-state index is 11.2. The lowest BCUT2D eigenvalue weighted by Crippen LogP contribution is -2.12. The molecule has 0 bridgehead atoms. The zero-order valence-corrected chi connectivity index (χ0v) is 16.1. The van der Waals surface area contributed by atoms with Gasteiger partial charge in [0.05, 0.1) is 29.1 Å². The number of rotatable bonds is 6. The summed E-state index contributed by atoms with van der Waals surface area (Å²) in [6, 6.07) is 20.3. The highest BCUT2D eigenvalue weighted by atomic mass is 32.1. The van der Waals surface area contributed by atoms with E-state index >= 15 is 0 Å². The molecule has 144 valence electrons. The number of benzene rings is 2. The molecule has 4 aromatic rings. The van der Waals surface area contributed by atoms with Crippen molar-refractivity contribution in [3.8, 4) is 11.3 Å². The van der Waals surface area contributed by atoms with Gasteiger partial charge in [0.25, 0.3) is 5.69 Å². The molecule has 0 atom stereocenters. The molecule has 0 amide bonds. The number of aromatic nitrogens is 2. The maximum atomic E-state index is 11.2. The first-order valence-corrected chi connectivity index (χ1v) is 9.76. The van der Waals surface area contributed by atoms with E-state index in [0.29, 0.717) is 16.9 Å². The molecule has 0 saturated carbocycles. The Morgan fingerprint density at radius 2 is 1.97 bits per heavy atom. The van der Waals surface area contributed by atoms with Crippen LogP contribution in [0.2, 0.25) is 0 Å². The fraction of sp³-hybridized carbons (Fsp3) is 0.0476. The van der Waals surface area contributed by atoms with Crippen LogP contribution in [0.1, 0.15) is 11.3 Å². The van der Waals surface area contributed by atoms with E-state index in [1.54, 1.807) is 23.0 Å². The lowest BCUT2D eigenvalue weighted by Gasteiger charge is -2.03. The molecule has 7 nitrogen and oxygen atoms in total. The molecule has 0 aliphatic carbocycles. The number of aromatic amines is 1. The summed E-state index contributed by atoms with van der Waals surface area (Å²) in [6.07, 6.45) is 3.52. The minimum Gasteiger partial charge on any atom is -0.360 e. The monoisotopic (exact) mass is 403 g/mol. The smallest absolute Gasteiger partial charge is 0.270 e. The van der Waals surface area contributed by atoms with Gasteiger partial charge in [0, 0.05) is 29.3 Å². The molecule has 0 aliphatic rings. The van der Waals surface area contributed by atoms with Crippen LogP contribution >= 0.6 is 11.3 Å². The van der Waals surface area contributed by atoms with Crippen molar-refractivity contribution >= 4 is 23.2 Å². The Bertz CT molecular complexity index is 1210. The van der Waals surface area contributed by atoms with Crippen molar-refractivity contribution < 1.29 is 4.92 Å². The van der Waals surface area contributed by atoms with Crippen LogP contribution in [0.15, 0.2) is 88.4 Å². The van der Waals surface area contributed by atoms with Crippen LogP contribution < -0.4 is 4.80 Å². The molecule has 1 N–H and O–H groups in total. The normalized spacial score (nSPS) is 11.9. The van der Waals surface area contributed by atoms with Crippen molar-refractivity contribution in [2.45, 2.75) is 6.54 Å². The van der Waals surface area contributed by atoms with E-state index in [9.17, 15) is 10.1 Å². The average molecular weight is 403 g/mol. The molecular formula is C21H17N5O2S. The van der Waals surface area contributed by atoms with Crippen LogP contribution in [0.5, 0.6) is 0 Å². The quantitative estimate of drug-likeness (QED) is 0.293. The number of hydrogen-bond acceptors (Lipinski definition) is 5. The third kappa shape index (κ3) is 4.39. The van der Waals surface area contributed by atoms with Gasteiger partial charge in [-0.05, 0) is 17.7 Å². The van der Waals surface area contributed by atoms with Crippen LogP contribution in [-0.4, -0.2) is 20.8 Å². The zero-order valence-electron chi connectivity index (χ0n) is 15.3. The second-order valence-corrected chi connectivity index (χ2v) is 7.03. The van der Waals surface area contributed by atoms with E-state index in [1.807, 2.05) is 60.1 Å². The van der Waals surface area contributed by atoms with Crippen molar-refractivity contribution in [2.24, 2.45) is 10.1 Å². The Kier molecular flexibility index (Phi) is 5.44. The Hall–Kier alpha value is -3.78. The molecule has 0 fully saturated rings. The lowest BCUT2D eigenvalue weighted by molar-refractivity contribution is -0.384. The number of hydrogen-bond donors (Lipinski definition) is 1. The summed E-state index contributed by atoms with van der Waals surface area (Å²) in [5.41, 5.74) is 3.44. The molecule has 2 aromatic heterocycles. The highest BCUT2D eigenvalue weighted by Crippen LogP contribution is 2.24. The predicted molar refractivity (Wildman–Crippen MR) is 114 cm³/mol. The molecule has 0 aliphatic heterocycles. The number of nitro groups is 1. The third-order valence-electron chi connectivity index (χ3n) is 4.21. The second kappa shape index (κ2) is 8.49. The van der Waals surface area contributed by atoms with Crippen LogP contribution in [0, 0.1) is 10.1 Å². The number of nitrogens with zero attached hydrogens (tertiary/aromatic N) is 4. The molecule has 8 heteroatoms. The highest BCUT2D eigenvalue weighted by Gasteiger charge is 2.12. The largest absolute Gasteiger partial charge is 0.360 e. The highest BCUT2D eigenvalue weighted by molar-refractivity contribution is 7.07. The van der Waals surface area contributed by atoms with Gasteiger partial charge in [0.2, 0.25) is 4.80 Å². The standard InChI is InChI=1S/C21H17N5O2S/c27-26(28)19-10-4-8-17(12-19)20-15-29-21(23-13-16-6-2-1-3-7-16)25(20)24-14-18-9-5-11-22-18/h1-12,14-15,22H,13H2. The van der Waals surface area contributed by atoms with Crippen molar-refractivity contribution in [1.29, 1.82) is 0 Å². The minimum absolute atomic E-state index is 0.0383. The predicted octanol–water partition coefficient (Wildman–Crippen LogP) is 4.44. The summed E-state index contributed by atoms with van der Waals surface area (Å²) in [6.45, 7) is 0.522. The van der Waals surface area contributed by atoms with Crippen molar-refractivity contribution in [2.75, 3.05) is 0 Å². The molecule has 2 heterocycles. The van der Waals surface area contributed by atoms with Crippen LogP contribution in [0.25, 0.3) is 11.3 Å². The average Bonchev–Trinajstić information content (AvgIpc) is 3.41. The molecule has 0 radical (unpaired) electrons. The first kappa shape index (κ1) is 18.6. The van der Waals surface area contributed by atoms with Crippen molar-refractivity contribution in [3.05, 3.63) is 104 Å². The summed E-state index contributed by atoms with van der Waals surface area (Å²) in [4.78, 5) is 19.3. The Morgan fingerprint density at radius 3 is 2.72 bits per heavy atom. The van der Waals surface area contributed by atoms with E-state index in [-0.39, 0.29) is 5.69 Å². The topological polar surface area (TPSA) is 88.6 Å². The fourth-order valence-corrected chi connectivity index (χ4v) is 3.62. The van der Waals surface area contributed by atoms with E-state index in [0.717, 1.165) is 17.0 Å². The van der Waals surface area contributed by atoms with Gasteiger partial charge < -0.3 is 4.98 Å². The Balaban J connectivity index is 1.78. The van der Waals surface area contributed by atoms with Gasteiger partial charge in [-0.25, -0.2) is 4.68 Å². The number of H-pyrrole nitrogens is 1. The summed E-state index contributed by atoms with van der Waals surface area (Å²) in [7, 11) is 0. The van der Waals surface area contributed by atoms with Gasteiger partial charge in [0.15, 0.2) is 0 Å². The molecule has 0 spiro atoms. The SMILES string of the molecule is O=[N+]([O-])c1cccc(-c2csc(=NCc3ccccc3)n2N=Cc2ccc[nH]2)c1. The molecule has 2 aromatic carbocycles. The van der Waals surface area contributed by atoms with Gasteiger partial charge in [-0.1, -0.05) is 42.5 Å². The molecule has 29 heavy (non-hydrogen) atoms. The third-order valence-corrected chi connectivity index (χ3v) is 5.07. The van der Waals surface area contributed by atoms with E-state index < -0.39 is 4.92 Å². The van der Waals surface area contributed by atoms with Crippen molar-refractivity contribution in [3.63, 3.8) is 0 Å². The number of nitrogens with one attached hydrogen (secondary N) is 1. The summed E-state index contributed by atoms with van der Waals surface area (Å²) >= 11 is 1.44. The first-order chi connectivity index (χ1) is 14.2. The first-order valence-electron chi connectivity index (χ1n) is 8.88. The number of non-ortho nitro benzene ring substituents is 1. The molecule has 0 unspecified atom stereocenters. The van der Waals surface area contributed by atoms with Gasteiger partial charge in [-0.2, -0.15) is 5.10 Å². The number of thiazole rings is 1. The van der Waals surface area contributed by atoms with E-state index in [1.165, 1.54) is 17.4 Å². The lowest BCUT2D eigenvalue weighted by atomic mass is 10.1. The van der Waals surface area contributed by atoms with Crippen LogP contribution in [0.3, 0.4) is 0 Å². The van der Waals surface area contributed by atoms with E-state index in [2.05, 4.69) is 10.1 Å². The maximum Gasteiger partial charge on any atom is 0.270 e. The van der Waals surface area contributed by atoms with Gasteiger partial charge in [-0.15, -0.1) is 11.3 Å². The second-order valence-electron chi connectivity index (χ2n) is 6.19. The fourth-order valence-electron chi connectivity index (χ4n) is 2.78. The molecule has 4 rings (SSSR count). The minimum atomic E-state index is -0.400. The molecular weight excluding hydrogens is 386 g/mol. The van der Waals surface area contributed by atoms with Gasteiger partial charge >= 0.3 is 0 Å². The summed E-state index contributed by atoms with van der Waals surface area (Å²) in [5.74, 6) is 0.